The van der Waals surface area contributed by atoms with Crippen molar-refractivity contribution < 1.29 is 18.3 Å². The first-order valence-corrected chi connectivity index (χ1v) is 8.26. The summed E-state index contributed by atoms with van der Waals surface area (Å²) in [6, 6.07) is 11.8. The van der Waals surface area contributed by atoms with E-state index >= 15 is 0 Å². The maximum atomic E-state index is 12.3. The zero-order valence-corrected chi connectivity index (χ0v) is 12.5. The van der Waals surface area contributed by atoms with Gasteiger partial charge in [0.2, 0.25) is 9.84 Å². The number of hydrogen-bond donors (Lipinski definition) is 2. The fraction of sp³-hybridized carbons (Fsp3) is 0.125. The van der Waals surface area contributed by atoms with Crippen LogP contribution in [0.1, 0.15) is 11.1 Å². The van der Waals surface area contributed by atoms with E-state index in [1.165, 1.54) is 11.5 Å². The zero-order chi connectivity index (χ0) is 15.7. The number of phenols is 1. The van der Waals surface area contributed by atoms with E-state index in [1.807, 2.05) is 0 Å². The fourth-order valence-corrected chi connectivity index (χ4v) is 4.20. The lowest BCUT2D eigenvalue weighted by molar-refractivity contribution is 0.341. The summed E-state index contributed by atoms with van der Waals surface area (Å²) in [5.41, 5.74) is 7.37. The average molecular weight is 317 g/mol. The highest BCUT2D eigenvalue weighted by Gasteiger charge is 2.29. The molecule has 0 atom stereocenters. The van der Waals surface area contributed by atoms with Crippen molar-refractivity contribution in [2.75, 3.05) is 6.61 Å². The van der Waals surface area contributed by atoms with E-state index in [0.717, 1.165) is 0 Å². The van der Waals surface area contributed by atoms with Gasteiger partial charge in [-0.15, -0.1) is 0 Å². The van der Waals surface area contributed by atoms with Crippen LogP contribution in [-0.2, 0) is 16.4 Å². The molecule has 0 saturated heterocycles. The lowest BCUT2D eigenvalue weighted by Gasteiger charge is -2.10. The number of aromatic hydroxyl groups is 1. The minimum Gasteiger partial charge on any atom is -0.504 e. The molecule has 0 amide bonds. The van der Waals surface area contributed by atoms with Crippen molar-refractivity contribution in [1.82, 2.24) is 0 Å². The normalized spacial score (nSPS) is 15.2. The van der Waals surface area contributed by atoms with Crippen LogP contribution in [0.2, 0.25) is 0 Å². The molecule has 0 bridgehead atoms. The van der Waals surface area contributed by atoms with Crippen LogP contribution in [0.4, 0.5) is 0 Å². The summed E-state index contributed by atoms with van der Waals surface area (Å²) in [6.45, 7) is 0.210. The third kappa shape index (κ3) is 2.47. The molecule has 0 aliphatic carbocycles. The van der Waals surface area contributed by atoms with E-state index in [1.54, 1.807) is 36.4 Å². The van der Waals surface area contributed by atoms with Crippen LogP contribution in [0.15, 0.2) is 52.8 Å². The summed E-state index contributed by atoms with van der Waals surface area (Å²) < 4.78 is 30.1. The molecule has 0 saturated carbocycles. The molecule has 2 aromatic rings. The van der Waals surface area contributed by atoms with Crippen LogP contribution in [0.3, 0.4) is 0 Å². The summed E-state index contributed by atoms with van der Waals surface area (Å²) in [6.07, 6.45) is 0. The van der Waals surface area contributed by atoms with Crippen molar-refractivity contribution in [2.45, 2.75) is 11.4 Å². The molecule has 2 aromatic carbocycles. The highest BCUT2D eigenvalue weighted by Crippen LogP contribution is 2.36. The third-order valence-electron chi connectivity index (χ3n) is 3.49. The molecule has 1 aliphatic rings. The lowest BCUT2D eigenvalue weighted by Crippen LogP contribution is -2.05. The van der Waals surface area contributed by atoms with Gasteiger partial charge in [0.25, 0.3) is 0 Å². The van der Waals surface area contributed by atoms with E-state index < -0.39 is 9.84 Å². The lowest BCUT2D eigenvalue weighted by atomic mass is 10.1. The van der Waals surface area contributed by atoms with Gasteiger partial charge < -0.3 is 15.6 Å². The van der Waals surface area contributed by atoms with Crippen LogP contribution < -0.4 is 10.5 Å². The summed E-state index contributed by atoms with van der Waals surface area (Å²) in [5, 5.41) is 10.9. The van der Waals surface area contributed by atoms with Gasteiger partial charge in [-0.05, 0) is 17.7 Å². The maximum Gasteiger partial charge on any atom is 0.201 e. The van der Waals surface area contributed by atoms with Crippen LogP contribution in [-0.4, -0.2) is 20.1 Å². The summed E-state index contributed by atoms with van der Waals surface area (Å²) in [4.78, 5) is 0.258. The number of phenolic OH excluding ortho intramolecular Hbond substituents is 1. The second-order valence-electron chi connectivity index (χ2n) is 4.94. The quantitative estimate of drug-likeness (QED) is 0.901. The van der Waals surface area contributed by atoms with Gasteiger partial charge in [0.1, 0.15) is 6.61 Å². The Balaban J connectivity index is 1.93. The van der Waals surface area contributed by atoms with E-state index in [2.05, 4.69) is 0 Å². The number of sulfone groups is 1. The first-order chi connectivity index (χ1) is 10.5. The topological polar surface area (TPSA) is 89.6 Å². The van der Waals surface area contributed by atoms with Gasteiger partial charge in [-0.1, -0.05) is 30.3 Å². The Morgan fingerprint density at radius 3 is 2.59 bits per heavy atom. The van der Waals surface area contributed by atoms with Crippen molar-refractivity contribution in [3.63, 3.8) is 0 Å². The molecule has 0 fully saturated rings. The minimum atomic E-state index is -3.50. The van der Waals surface area contributed by atoms with Crippen molar-refractivity contribution in [3.8, 4) is 11.5 Å². The first kappa shape index (κ1) is 14.6. The average Bonchev–Trinajstić information content (AvgIpc) is 2.78. The molecule has 5 nitrogen and oxygen atoms in total. The largest absolute Gasteiger partial charge is 0.504 e. The number of hydrogen-bond acceptors (Lipinski definition) is 5. The third-order valence-corrected chi connectivity index (χ3v) is 5.14. The Morgan fingerprint density at radius 1 is 1.09 bits per heavy atom. The molecule has 22 heavy (non-hydrogen) atoms. The van der Waals surface area contributed by atoms with Crippen LogP contribution >= 0.6 is 0 Å². The standard InChI is InChI=1S/C16H15NO4S/c17-8-11-4-3-5-13-12(10-22(19,20)16(11)13)9-21-15-7-2-1-6-14(15)18/h1-7,10,18H,8-9,17H2. The Morgan fingerprint density at radius 2 is 1.86 bits per heavy atom. The summed E-state index contributed by atoms with van der Waals surface area (Å²) in [5.74, 6) is 0.323. The molecule has 6 heteroatoms. The van der Waals surface area contributed by atoms with Gasteiger partial charge in [-0.3, -0.25) is 0 Å². The Bertz CT molecular complexity index is 856. The maximum absolute atomic E-state index is 12.3. The predicted molar refractivity (Wildman–Crippen MR) is 83.1 cm³/mol. The van der Waals surface area contributed by atoms with Crippen molar-refractivity contribution in [2.24, 2.45) is 5.73 Å². The number of para-hydroxylation sites is 2. The summed E-state index contributed by atoms with van der Waals surface area (Å²) >= 11 is 0. The fourth-order valence-electron chi connectivity index (χ4n) is 2.49. The van der Waals surface area contributed by atoms with Crippen LogP contribution in [0.25, 0.3) is 5.57 Å². The van der Waals surface area contributed by atoms with Gasteiger partial charge in [0.05, 0.1) is 4.90 Å². The van der Waals surface area contributed by atoms with Crippen molar-refractivity contribution >= 4 is 15.4 Å². The van der Waals surface area contributed by atoms with E-state index in [9.17, 15) is 13.5 Å². The molecule has 1 heterocycles. The number of nitrogens with two attached hydrogens (primary N) is 1. The second kappa shape index (κ2) is 5.47. The smallest absolute Gasteiger partial charge is 0.201 e. The predicted octanol–water partition coefficient (Wildman–Crippen LogP) is 2.06. The van der Waals surface area contributed by atoms with E-state index in [-0.39, 0.29) is 23.8 Å². The van der Waals surface area contributed by atoms with Gasteiger partial charge in [0.15, 0.2) is 11.5 Å². The number of ether oxygens (including phenoxy) is 1. The number of rotatable bonds is 4. The molecular weight excluding hydrogens is 302 g/mol. The molecule has 114 valence electrons. The van der Waals surface area contributed by atoms with Gasteiger partial charge in [-0.25, -0.2) is 8.42 Å². The molecule has 1 aliphatic heterocycles. The van der Waals surface area contributed by atoms with Crippen molar-refractivity contribution in [1.29, 1.82) is 0 Å². The number of fused-ring (bicyclic) bond motifs is 1. The highest BCUT2D eigenvalue weighted by molar-refractivity contribution is 7.95. The van der Waals surface area contributed by atoms with Gasteiger partial charge in [0, 0.05) is 23.1 Å². The molecule has 3 N–H and O–H groups in total. The highest BCUT2D eigenvalue weighted by atomic mass is 32.2. The van der Waals surface area contributed by atoms with Crippen molar-refractivity contribution in [3.05, 3.63) is 59.0 Å². The summed E-state index contributed by atoms with van der Waals surface area (Å²) in [7, 11) is -3.50. The molecule has 0 aromatic heterocycles. The second-order valence-corrected chi connectivity index (χ2v) is 6.68. The monoisotopic (exact) mass is 317 g/mol. The SMILES string of the molecule is NCc1cccc2c1S(=O)(=O)C=C2COc1ccccc1O. The molecule has 0 spiro atoms. The molecular formula is C16H15NO4S. The number of benzene rings is 2. The minimum absolute atomic E-state index is 0.0138. The molecule has 0 unspecified atom stereocenters. The molecule has 0 radical (unpaired) electrons. The van der Waals surface area contributed by atoms with E-state index in [0.29, 0.717) is 22.4 Å². The van der Waals surface area contributed by atoms with Gasteiger partial charge >= 0.3 is 0 Å². The van der Waals surface area contributed by atoms with Gasteiger partial charge in [-0.2, -0.15) is 0 Å². The van der Waals surface area contributed by atoms with E-state index in [4.69, 9.17) is 10.5 Å². The zero-order valence-electron chi connectivity index (χ0n) is 11.7. The van der Waals surface area contributed by atoms with Crippen LogP contribution in [0.5, 0.6) is 11.5 Å². The Labute approximate surface area is 128 Å². The Kier molecular flexibility index (Phi) is 3.64. The van der Waals surface area contributed by atoms with Crippen LogP contribution in [0, 0.1) is 0 Å². The molecule has 3 rings (SSSR count). The Hall–Kier alpha value is -2.31. The first-order valence-electron chi connectivity index (χ1n) is 6.71.